The fourth-order valence-corrected chi connectivity index (χ4v) is 8.71. The van der Waals surface area contributed by atoms with Gasteiger partial charge in [-0.2, -0.15) is 5.48 Å². The molecule has 1 amide bonds. The molecule has 2 bridgehead atoms. The van der Waals surface area contributed by atoms with Crippen molar-refractivity contribution in [2.24, 2.45) is 22.7 Å². The third kappa shape index (κ3) is 3.21. The summed E-state index contributed by atoms with van der Waals surface area (Å²) in [6, 6.07) is 8.80. The zero-order chi connectivity index (χ0) is 21.7. The van der Waals surface area contributed by atoms with E-state index in [2.05, 4.69) is 19.3 Å². The highest BCUT2D eigenvalue weighted by molar-refractivity contribution is 7.90. The minimum Gasteiger partial charge on any atom is -0.296 e. The lowest BCUT2D eigenvalue weighted by molar-refractivity contribution is -0.138. The Balaban J connectivity index is 1.55. The van der Waals surface area contributed by atoms with Crippen LogP contribution in [0.3, 0.4) is 0 Å². The summed E-state index contributed by atoms with van der Waals surface area (Å²) in [7, 11) is -3.64. The molecule has 6 nitrogen and oxygen atoms in total. The fourth-order valence-electron chi connectivity index (χ4n) is 6.15. The van der Waals surface area contributed by atoms with Crippen LogP contribution in [0.2, 0.25) is 0 Å². The van der Waals surface area contributed by atoms with Gasteiger partial charge in [-0.3, -0.25) is 9.63 Å². The van der Waals surface area contributed by atoms with Crippen LogP contribution in [0.4, 0.5) is 0 Å². The topological polar surface area (TPSA) is 75.7 Å². The van der Waals surface area contributed by atoms with Crippen molar-refractivity contribution in [1.29, 1.82) is 0 Å². The van der Waals surface area contributed by atoms with Gasteiger partial charge < -0.3 is 0 Å². The second kappa shape index (κ2) is 7.61. The zero-order valence-electron chi connectivity index (χ0n) is 18.4. The number of rotatable bonds is 7. The van der Waals surface area contributed by atoms with Gasteiger partial charge in [0.05, 0.1) is 18.4 Å². The first-order valence-electron chi connectivity index (χ1n) is 11.1. The molecule has 5 atom stereocenters. The van der Waals surface area contributed by atoms with Gasteiger partial charge in [0.1, 0.15) is 6.04 Å². The lowest BCUT2D eigenvalue weighted by Crippen LogP contribution is -2.53. The molecule has 7 heteroatoms. The Bertz CT molecular complexity index is 901. The molecule has 30 heavy (non-hydrogen) atoms. The van der Waals surface area contributed by atoms with Crippen molar-refractivity contribution in [2.75, 3.05) is 5.75 Å². The molecule has 3 fully saturated rings. The fraction of sp³-hybridized carbons (Fsp3) is 0.696. The molecule has 2 aliphatic carbocycles. The smallest absolute Gasteiger partial charge is 0.256 e. The first-order valence-corrected chi connectivity index (χ1v) is 12.7. The number of hydrogen-bond acceptors (Lipinski definition) is 5. The Morgan fingerprint density at radius 2 is 2.00 bits per heavy atom. The Hall–Kier alpha value is -1.44. The highest BCUT2D eigenvalue weighted by Gasteiger charge is 2.72. The maximum Gasteiger partial charge on any atom is 0.256 e. The van der Waals surface area contributed by atoms with Crippen molar-refractivity contribution >= 4 is 15.9 Å². The molecular formula is C23H34N2O4S. The molecule has 1 aromatic rings. The number of amides is 1. The monoisotopic (exact) mass is 434 g/mol. The van der Waals surface area contributed by atoms with Crippen LogP contribution in [0.5, 0.6) is 0 Å². The summed E-state index contributed by atoms with van der Waals surface area (Å²) >= 11 is 0. The molecule has 1 unspecified atom stereocenters. The van der Waals surface area contributed by atoms with Gasteiger partial charge in [-0.25, -0.2) is 12.7 Å². The molecule has 1 aliphatic heterocycles. The van der Waals surface area contributed by atoms with Gasteiger partial charge in [0.2, 0.25) is 10.0 Å². The number of carbonyl (C=O) groups excluding carboxylic acids is 1. The van der Waals surface area contributed by atoms with Crippen LogP contribution in [0.25, 0.3) is 0 Å². The third-order valence-electron chi connectivity index (χ3n) is 8.40. The molecule has 2 saturated carbocycles. The van der Waals surface area contributed by atoms with Crippen molar-refractivity contribution in [3.8, 4) is 0 Å². The van der Waals surface area contributed by atoms with Gasteiger partial charge in [0, 0.05) is 5.41 Å². The first-order chi connectivity index (χ1) is 14.1. The lowest BCUT2D eigenvalue weighted by Gasteiger charge is -2.37. The molecule has 1 N–H and O–H groups in total. The van der Waals surface area contributed by atoms with Crippen LogP contribution >= 0.6 is 0 Å². The average molecular weight is 435 g/mol. The van der Waals surface area contributed by atoms with E-state index in [-0.39, 0.29) is 34.4 Å². The Labute approximate surface area is 180 Å². The summed E-state index contributed by atoms with van der Waals surface area (Å²) < 4.78 is 27.7. The SMILES string of the molecule is CCC(C)[C@@H](NOCc1ccccc1)C(=O)N1[C@H]2C[C@@H]3CC[C@@]2(CS1(=O)=O)C3(C)C. The van der Waals surface area contributed by atoms with Crippen molar-refractivity contribution in [3.63, 3.8) is 0 Å². The van der Waals surface area contributed by atoms with Crippen LogP contribution in [0.1, 0.15) is 58.9 Å². The van der Waals surface area contributed by atoms with E-state index in [1.165, 1.54) is 4.31 Å². The number of hydroxylamine groups is 1. The van der Waals surface area contributed by atoms with Crippen LogP contribution in [-0.4, -0.2) is 36.5 Å². The standard InChI is InChI=1S/C23H34N2O4S/c1-5-16(2)20(24-29-14-17-9-7-6-8-10-17)21(26)25-19-13-18-11-12-23(19,22(18,3)4)15-30(25,27)28/h6-10,16,18-20,24H,5,11-15H2,1-4H3/t16?,18-,19-,20+,23-/m0/s1. The van der Waals surface area contributed by atoms with Gasteiger partial charge in [0.15, 0.2) is 0 Å². The highest BCUT2D eigenvalue weighted by atomic mass is 32.2. The number of fused-ring (bicyclic) bond motifs is 1. The van der Waals surface area contributed by atoms with Gasteiger partial charge in [-0.15, -0.1) is 0 Å². The molecule has 1 heterocycles. The van der Waals surface area contributed by atoms with Crippen LogP contribution < -0.4 is 5.48 Å². The maximum absolute atomic E-state index is 13.6. The van der Waals surface area contributed by atoms with Gasteiger partial charge >= 0.3 is 0 Å². The van der Waals surface area contributed by atoms with Crippen molar-refractivity contribution in [1.82, 2.24) is 9.79 Å². The molecule has 1 saturated heterocycles. The molecule has 1 spiro atoms. The predicted molar refractivity (Wildman–Crippen MR) is 116 cm³/mol. The Kier molecular flexibility index (Phi) is 5.52. The van der Waals surface area contributed by atoms with E-state index >= 15 is 0 Å². The van der Waals surface area contributed by atoms with E-state index < -0.39 is 16.1 Å². The second-order valence-electron chi connectivity index (χ2n) is 10.0. The van der Waals surface area contributed by atoms with Gasteiger partial charge in [0.25, 0.3) is 5.91 Å². The quantitative estimate of drug-likeness (QED) is 0.665. The van der Waals surface area contributed by atoms with E-state index in [0.29, 0.717) is 12.5 Å². The summed E-state index contributed by atoms with van der Waals surface area (Å²) in [5.74, 6) is 0.171. The average Bonchev–Trinajstić information content (AvgIpc) is 3.19. The molecule has 0 radical (unpaired) electrons. The number of carbonyl (C=O) groups is 1. The first kappa shape index (κ1) is 21.8. The number of benzene rings is 1. The molecule has 4 rings (SSSR count). The van der Waals surface area contributed by atoms with E-state index in [9.17, 15) is 13.2 Å². The summed E-state index contributed by atoms with van der Waals surface area (Å²) in [4.78, 5) is 19.3. The van der Waals surface area contributed by atoms with Gasteiger partial charge in [-0.05, 0) is 42.1 Å². The highest BCUT2D eigenvalue weighted by Crippen LogP contribution is 2.70. The van der Waals surface area contributed by atoms with Gasteiger partial charge in [-0.1, -0.05) is 64.4 Å². The van der Waals surface area contributed by atoms with E-state index in [4.69, 9.17) is 4.84 Å². The minimum absolute atomic E-state index is 0.0494. The number of sulfonamides is 1. The molecule has 3 aliphatic rings. The number of hydrogen-bond donors (Lipinski definition) is 1. The molecule has 166 valence electrons. The van der Waals surface area contributed by atoms with Crippen LogP contribution in [0.15, 0.2) is 30.3 Å². The van der Waals surface area contributed by atoms with Crippen LogP contribution in [0, 0.1) is 22.7 Å². The summed E-state index contributed by atoms with van der Waals surface area (Å²) in [5, 5.41) is 0. The van der Waals surface area contributed by atoms with Crippen molar-refractivity contribution in [2.45, 2.75) is 72.1 Å². The minimum atomic E-state index is -3.64. The third-order valence-corrected chi connectivity index (χ3v) is 10.3. The molecule has 1 aromatic carbocycles. The summed E-state index contributed by atoms with van der Waals surface area (Å²) in [6.07, 6.45) is 3.49. The molecule has 0 aromatic heterocycles. The largest absolute Gasteiger partial charge is 0.296 e. The number of nitrogens with one attached hydrogen (secondary N) is 1. The Morgan fingerprint density at radius 3 is 2.63 bits per heavy atom. The van der Waals surface area contributed by atoms with Crippen molar-refractivity contribution in [3.05, 3.63) is 35.9 Å². The van der Waals surface area contributed by atoms with Crippen LogP contribution in [-0.2, 0) is 26.3 Å². The van der Waals surface area contributed by atoms with E-state index in [0.717, 1.165) is 31.2 Å². The molecular weight excluding hydrogens is 400 g/mol. The summed E-state index contributed by atoms with van der Waals surface area (Å²) in [6.45, 7) is 8.68. The lowest BCUT2D eigenvalue weighted by atomic mass is 9.69. The maximum atomic E-state index is 13.6. The van der Waals surface area contributed by atoms with E-state index in [1.807, 2.05) is 44.2 Å². The summed E-state index contributed by atoms with van der Waals surface area (Å²) in [5.41, 5.74) is 3.55. The van der Waals surface area contributed by atoms with Crippen molar-refractivity contribution < 1.29 is 18.0 Å². The predicted octanol–water partition coefficient (Wildman–Crippen LogP) is 3.49. The second-order valence-corrected chi connectivity index (χ2v) is 11.9. The van der Waals surface area contributed by atoms with E-state index in [1.54, 1.807) is 0 Å². The Morgan fingerprint density at radius 1 is 1.30 bits per heavy atom. The normalized spacial score (nSPS) is 32.7. The zero-order valence-corrected chi connectivity index (χ0v) is 19.2. The number of nitrogens with zero attached hydrogens (tertiary/aromatic N) is 1.